The molecule has 2 aliphatic heterocycles. The largest absolute Gasteiger partial charge is 0.372 e. The predicted octanol–water partition coefficient (Wildman–Crippen LogP) is 1.79. The number of rotatable bonds is 5. The minimum absolute atomic E-state index is 0.0243. The molecule has 8 heteroatoms. The second-order valence-electron chi connectivity index (χ2n) is 8.90. The molecule has 0 N–H and O–H groups in total. The van der Waals surface area contributed by atoms with E-state index in [0.717, 1.165) is 43.5 Å². The molecule has 2 aromatic rings. The summed E-state index contributed by atoms with van der Waals surface area (Å²) in [4.78, 5) is 33.1. The van der Waals surface area contributed by atoms with Crippen molar-refractivity contribution in [1.82, 2.24) is 24.8 Å². The molecule has 0 bridgehead atoms. The van der Waals surface area contributed by atoms with Crippen LogP contribution in [0.5, 0.6) is 0 Å². The molecule has 0 aromatic carbocycles. The van der Waals surface area contributed by atoms with Crippen molar-refractivity contribution >= 4 is 11.9 Å². The Labute approximate surface area is 184 Å². The molecular formula is C23H32N6O2. The van der Waals surface area contributed by atoms with Crippen LogP contribution in [-0.2, 0) is 16.1 Å². The van der Waals surface area contributed by atoms with Gasteiger partial charge in [0.2, 0.25) is 11.9 Å². The van der Waals surface area contributed by atoms with Crippen LogP contribution >= 0.6 is 0 Å². The SMILES string of the molecule is C[C@@H]1CN(c2nccc([C@@H]3CN(Cc4ccccn4)C[C@H]3C(=O)N(C)C)n2)C[C@H](C)O1. The normalized spacial score (nSPS) is 26.8. The highest BCUT2D eigenvalue weighted by molar-refractivity contribution is 5.80. The number of morpholine rings is 1. The van der Waals surface area contributed by atoms with Crippen molar-refractivity contribution in [3.63, 3.8) is 0 Å². The average molecular weight is 425 g/mol. The van der Waals surface area contributed by atoms with Crippen LogP contribution in [-0.4, -0.2) is 83.1 Å². The Morgan fingerprint density at radius 2 is 1.84 bits per heavy atom. The zero-order valence-corrected chi connectivity index (χ0v) is 18.8. The molecule has 166 valence electrons. The van der Waals surface area contributed by atoms with Gasteiger partial charge < -0.3 is 14.5 Å². The second-order valence-corrected chi connectivity index (χ2v) is 8.90. The van der Waals surface area contributed by atoms with Gasteiger partial charge in [0.1, 0.15) is 0 Å². The molecule has 1 amide bonds. The molecular weight excluding hydrogens is 392 g/mol. The van der Waals surface area contributed by atoms with Crippen molar-refractivity contribution < 1.29 is 9.53 Å². The lowest BCUT2D eigenvalue weighted by atomic mass is 9.91. The number of likely N-dealkylation sites (tertiary alicyclic amines) is 1. The number of carbonyl (C=O) groups is 1. The predicted molar refractivity (Wildman–Crippen MR) is 119 cm³/mol. The summed E-state index contributed by atoms with van der Waals surface area (Å²) in [5.74, 6) is 0.751. The van der Waals surface area contributed by atoms with Crippen molar-refractivity contribution in [2.75, 3.05) is 45.2 Å². The van der Waals surface area contributed by atoms with Crippen molar-refractivity contribution in [3.8, 4) is 0 Å². The van der Waals surface area contributed by atoms with Gasteiger partial charge in [0.25, 0.3) is 0 Å². The molecule has 2 aliphatic rings. The summed E-state index contributed by atoms with van der Waals surface area (Å²) in [5, 5.41) is 0. The van der Waals surface area contributed by atoms with Crippen molar-refractivity contribution in [2.45, 2.75) is 38.5 Å². The number of aromatic nitrogens is 3. The number of anilines is 1. The van der Waals surface area contributed by atoms with Gasteiger partial charge in [0.05, 0.1) is 29.5 Å². The quantitative estimate of drug-likeness (QED) is 0.724. The summed E-state index contributed by atoms with van der Waals surface area (Å²) in [6.07, 6.45) is 3.91. The van der Waals surface area contributed by atoms with Gasteiger partial charge in [-0.2, -0.15) is 0 Å². The van der Waals surface area contributed by atoms with E-state index in [1.807, 2.05) is 50.8 Å². The highest BCUT2D eigenvalue weighted by Gasteiger charge is 2.40. The van der Waals surface area contributed by atoms with Crippen LogP contribution in [0.15, 0.2) is 36.7 Å². The number of ether oxygens (including phenoxy) is 1. The van der Waals surface area contributed by atoms with Gasteiger partial charge in [-0.25, -0.2) is 9.97 Å². The molecule has 0 unspecified atom stereocenters. The first-order valence-corrected chi connectivity index (χ1v) is 11.0. The summed E-state index contributed by atoms with van der Waals surface area (Å²) in [5.41, 5.74) is 1.94. The van der Waals surface area contributed by atoms with Crippen LogP contribution in [0.2, 0.25) is 0 Å². The molecule has 8 nitrogen and oxygen atoms in total. The van der Waals surface area contributed by atoms with Crippen LogP contribution in [0, 0.1) is 5.92 Å². The first-order chi connectivity index (χ1) is 14.9. The molecule has 4 atom stereocenters. The van der Waals surface area contributed by atoms with Crippen LogP contribution < -0.4 is 4.90 Å². The Balaban J connectivity index is 1.57. The standard InChI is InChI=1S/C23H32N6O2/c1-16-11-29(12-17(2)31-16)23-25-10-8-21(26-23)19-14-28(13-18-7-5-6-9-24-18)15-20(19)22(30)27(3)4/h5-10,16-17,19-20H,11-15H2,1-4H3/t16-,17+,19-,20-/m1/s1. The van der Waals surface area contributed by atoms with E-state index in [4.69, 9.17) is 9.72 Å². The Kier molecular flexibility index (Phi) is 6.48. The molecule has 2 fully saturated rings. The number of hydrogen-bond acceptors (Lipinski definition) is 7. The Morgan fingerprint density at radius 3 is 2.52 bits per heavy atom. The minimum atomic E-state index is -0.135. The van der Waals surface area contributed by atoms with E-state index in [1.165, 1.54) is 0 Å². The third kappa shape index (κ3) is 5.02. The van der Waals surface area contributed by atoms with Crippen molar-refractivity contribution in [3.05, 3.63) is 48.0 Å². The summed E-state index contributed by atoms with van der Waals surface area (Å²) in [6, 6.07) is 7.91. The van der Waals surface area contributed by atoms with E-state index in [0.29, 0.717) is 6.54 Å². The molecule has 4 heterocycles. The van der Waals surface area contributed by atoms with Gasteiger partial charge in [0, 0.05) is 65.1 Å². The van der Waals surface area contributed by atoms with E-state index in [1.54, 1.807) is 4.90 Å². The zero-order valence-electron chi connectivity index (χ0n) is 18.8. The fraction of sp³-hybridized carbons (Fsp3) is 0.565. The van der Waals surface area contributed by atoms with Gasteiger partial charge in [-0.3, -0.25) is 14.7 Å². The molecule has 0 saturated carbocycles. The third-order valence-electron chi connectivity index (χ3n) is 6.01. The maximum atomic E-state index is 13.0. The van der Waals surface area contributed by atoms with E-state index >= 15 is 0 Å². The zero-order chi connectivity index (χ0) is 22.0. The third-order valence-corrected chi connectivity index (χ3v) is 6.01. The van der Waals surface area contributed by atoms with E-state index in [9.17, 15) is 4.79 Å². The monoisotopic (exact) mass is 424 g/mol. The average Bonchev–Trinajstić information content (AvgIpc) is 3.17. The number of hydrogen-bond donors (Lipinski definition) is 0. The van der Waals surface area contributed by atoms with Crippen LogP contribution in [0.3, 0.4) is 0 Å². The molecule has 31 heavy (non-hydrogen) atoms. The summed E-state index contributed by atoms with van der Waals surface area (Å²) >= 11 is 0. The fourth-order valence-corrected chi connectivity index (χ4v) is 4.68. The number of nitrogens with zero attached hydrogens (tertiary/aromatic N) is 6. The lowest BCUT2D eigenvalue weighted by molar-refractivity contribution is -0.133. The van der Waals surface area contributed by atoms with Gasteiger partial charge >= 0.3 is 0 Å². The Morgan fingerprint density at radius 1 is 1.06 bits per heavy atom. The Hall–Kier alpha value is -2.58. The van der Waals surface area contributed by atoms with Crippen LogP contribution in [0.1, 0.15) is 31.2 Å². The first kappa shape index (κ1) is 21.6. The lowest BCUT2D eigenvalue weighted by Gasteiger charge is -2.35. The molecule has 0 aliphatic carbocycles. The highest BCUT2D eigenvalue weighted by Crippen LogP contribution is 2.34. The summed E-state index contributed by atoms with van der Waals surface area (Å²) in [6.45, 7) is 7.88. The van der Waals surface area contributed by atoms with Gasteiger partial charge in [-0.15, -0.1) is 0 Å². The van der Waals surface area contributed by atoms with Gasteiger partial charge in [-0.1, -0.05) is 6.07 Å². The first-order valence-electron chi connectivity index (χ1n) is 11.0. The minimum Gasteiger partial charge on any atom is -0.372 e. The number of amides is 1. The molecule has 0 radical (unpaired) electrons. The Bertz CT molecular complexity index is 883. The highest BCUT2D eigenvalue weighted by atomic mass is 16.5. The van der Waals surface area contributed by atoms with Crippen molar-refractivity contribution in [1.29, 1.82) is 0 Å². The topological polar surface area (TPSA) is 74.7 Å². The van der Waals surface area contributed by atoms with Crippen molar-refractivity contribution in [2.24, 2.45) is 5.92 Å². The molecule has 2 aromatic heterocycles. The van der Waals surface area contributed by atoms with E-state index in [-0.39, 0.29) is 30.0 Å². The molecule has 2 saturated heterocycles. The lowest BCUT2D eigenvalue weighted by Crippen LogP contribution is -2.46. The number of carbonyl (C=O) groups excluding carboxylic acids is 1. The number of pyridine rings is 1. The summed E-state index contributed by atoms with van der Waals surface area (Å²) < 4.78 is 5.85. The maximum Gasteiger partial charge on any atom is 0.227 e. The maximum absolute atomic E-state index is 13.0. The van der Waals surface area contributed by atoms with Crippen LogP contribution in [0.25, 0.3) is 0 Å². The second kappa shape index (κ2) is 9.28. The smallest absolute Gasteiger partial charge is 0.227 e. The van der Waals surface area contributed by atoms with E-state index in [2.05, 4.69) is 33.6 Å². The van der Waals surface area contributed by atoms with Gasteiger partial charge in [0.15, 0.2) is 0 Å². The summed E-state index contributed by atoms with van der Waals surface area (Å²) in [7, 11) is 3.64. The van der Waals surface area contributed by atoms with E-state index < -0.39 is 0 Å². The van der Waals surface area contributed by atoms with Crippen LogP contribution in [0.4, 0.5) is 5.95 Å². The molecule has 0 spiro atoms. The fourth-order valence-electron chi connectivity index (χ4n) is 4.68. The van der Waals surface area contributed by atoms with Gasteiger partial charge in [-0.05, 0) is 32.0 Å². The molecule has 4 rings (SSSR count).